The monoisotopic (exact) mass is 419 g/mol. The molecular weight excluding hydrogens is 393 g/mol. The van der Waals surface area contributed by atoms with Gasteiger partial charge >= 0.3 is 0 Å². The van der Waals surface area contributed by atoms with Gasteiger partial charge in [0.15, 0.2) is 5.96 Å². The van der Waals surface area contributed by atoms with Crippen LogP contribution in [0.4, 0.5) is 0 Å². The van der Waals surface area contributed by atoms with Crippen molar-refractivity contribution in [2.45, 2.75) is 19.9 Å². The molecule has 0 spiro atoms. The predicted molar refractivity (Wildman–Crippen MR) is 102 cm³/mol. The lowest BCUT2D eigenvalue weighted by atomic mass is 10.2. The van der Waals surface area contributed by atoms with Crippen molar-refractivity contribution in [3.05, 3.63) is 42.0 Å². The fourth-order valence-corrected chi connectivity index (χ4v) is 1.60. The molecule has 124 valence electrons. The lowest BCUT2D eigenvalue weighted by molar-refractivity contribution is 0.172. The quantitative estimate of drug-likeness (QED) is 0.212. The standard InChI is InChI=1S/C16H25N3O2.HI/c1-13(2)11-18-16(17)19-12-14-6-4-7-15(10-14)21-9-5-8-20-3;/h4,6-7,10H,1,5,8-9,11-12H2,2-3H3,(H3,17,18,19);1H. The zero-order valence-corrected chi connectivity index (χ0v) is 15.6. The van der Waals surface area contributed by atoms with E-state index in [2.05, 4.69) is 16.9 Å². The van der Waals surface area contributed by atoms with E-state index in [9.17, 15) is 0 Å². The van der Waals surface area contributed by atoms with E-state index in [1.54, 1.807) is 7.11 Å². The fourth-order valence-electron chi connectivity index (χ4n) is 1.60. The van der Waals surface area contributed by atoms with E-state index in [1.165, 1.54) is 0 Å². The summed E-state index contributed by atoms with van der Waals surface area (Å²) < 4.78 is 10.6. The van der Waals surface area contributed by atoms with Crippen LogP contribution in [0.3, 0.4) is 0 Å². The molecule has 0 fully saturated rings. The van der Waals surface area contributed by atoms with Gasteiger partial charge in [-0.2, -0.15) is 0 Å². The predicted octanol–water partition coefficient (Wildman–Crippen LogP) is 2.70. The van der Waals surface area contributed by atoms with E-state index in [4.69, 9.17) is 15.2 Å². The zero-order valence-electron chi connectivity index (χ0n) is 13.3. The first-order valence-corrected chi connectivity index (χ1v) is 7.00. The molecule has 1 aromatic rings. The zero-order chi connectivity index (χ0) is 15.5. The summed E-state index contributed by atoms with van der Waals surface area (Å²) in [6, 6.07) is 7.86. The van der Waals surface area contributed by atoms with Gasteiger partial charge in [-0.3, -0.25) is 0 Å². The highest BCUT2D eigenvalue weighted by Gasteiger charge is 1.98. The number of ether oxygens (including phenoxy) is 2. The topological polar surface area (TPSA) is 68.9 Å². The van der Waals surface area contributed by atoms with E-state index in [1.807, 2.05) is 31.2 Å². The van der Waals surface area contributed by atoms with Crippen LogP contribution in [0.1, 0.15) is 18.9 Å². The largest absolute Gasteiger partial charge is 0.493 e. The molecule has 1 rings (SSSR count). The Hall–Kier alpha value is -1.28. The van der Waals surface area contributed by atoms with Crippen molar-refractivity contribution < 1.29 is 9.47 Å². The first-order valence-electron chi connectivity index (χ1n) is 7.00. The molecule has 0 heterocycles. The van der Waals surface area contributed by atoms with Gasteiger partial charge in [0.1, 0.15) is 5.75 Å². The smallest absolute Gasteiger partial charge is 0.189 e. The molecule has 0 atom stereocenters. The van der Waals surface area contributed by atoms with Crippen LogP contribution in [-0.4, -0.2) is 32.8 Å². The van der Waals surface area contributed by atoms with Crippen LogP contribution < -0.4 is 15.8 Å². The van der Waals surface area contributed by atoms with Crippen molar-refractivity contribution in [1.29, 1.82) is 0 Å². The van der Waals surface area contributed by atoms with E-state index in [-0.39, 0.29) is 24.0 Å². The number of nitrogens with two attached hydrogens (primary N) is 1. The molecule has 0 amide bonds. The molecule has 0 saturated carbocycles. The molecule has 6 heteroatoms. The van der Waals surface area contributed by atoms with Crippen LogP contribution >= 0.6 is 24.0 Å². The maximum absolute atomic E-state index is 5.77. The Labute approximate surface area is 150 Å². The van der Waals surface area contributed by atoms with Gasteiger partial charge in [-0.25, -0.2) is 4.99 Å². The summed E-state index contributed by atoms with van der Waals surface area (Å²) in [6.07, 6.45) is 0.872. The van der Waals surface area contributed by atoms with Gasteiger partial charge in [0.2, 0.25) is 0 Å². The lowest BCUT2D eigenvalue weighted by Crippen LogP contribution is -2.32. The number of methoxy groups -OCH3 is 1. The molecule has 0 saturated heterocycles. The number of benzene rings is 1. The second-order valence-electron chi connectivity index (χ2n) is 4.85. The molecule has 0 aliphatic heterocycles. The highest BCUT2D eigenvalue weighted by Crippen LogP contribution is 2.14. The third-order valence-corrected chi connectivity index (χ3v) is 2.66. The number of halogens is 1. The van der Waals surface area contributed by atoms with Gasteiger partial charge in [0, 0.05) is 26.7 Å². The van der Waals surface area contributed by atoms with Gasteiger partial charge in [0.25, 0.3) is 0 Å². The first-order chi connectivity index (χ1) is 10.1. The normalized spacial score (nSPS) is 10.7. The number of aliphatic imine (C=N–C) groups is 1. The van der Waals surface area contributed by atoms with Gasteiger partial charge < -0.3 is 20.5 Å². The van der Waals surface area contributed by atoms with Gasteiger partial charge in [0.05, 0.1) is 13.2 Å². The van der Waals surface area contributed by atoms with Crippen molar-refractivity contribution in [3.63, 3.8) is 0 Å². The van der Waals surface area contributed by atoms with E-state index >= 15 is 0 Å². The molecule has 0 aliphatic carbocycles. The Morgan fingerprint density at radius 3 is 2.82 bits per heavy atom. The Morgan fingerprint density at radius 1 is 1.36 bits per heavy atom. The SMILES string of the molecule is C=C(C)CNC(N)=NCc1cccc(OCCCOC)c1.I. The second-order valence-corrected chi connectivity index (χ2v) is 4.85. The summed E-state index contributed by atoms with van der Waals surface area (Å²) in [5, 5.41) is 3.00. The van der Waals surface area contributed by atoms with Crippen molar-refractivity contribution >= 4 is 29.9 Å². The summed E-state index contributed by atoms with van der Waals surface area (Å²) in [4.78, 5) is 4.28. The van der Waals surface area contributed by atoms with Crippen LogP contribution in [-0.2, 0) is 11.3 Å². The Balaban J connectivity index is 0.00000441. The molecule has 5 nitrogen and oxygen atoms in total. The van der Waals surface area contributed by atoms with Crippen LogP contribution in [0.2, 0.25) is 0 Å². The minimum Gasteiger partial charge on any atom is -0.493 e. The van der Waals surface area contributed by atoms with Crippen LogP contribution in [0.15, 0.2) is 41.4 Å². The Kier molecular flexibility index (Phi) is 11.6. The van der Waals surface area contributed by atoms with Gasteiger partial charge in [-0.15, -0.1) is 24.0 Å². The third kappa shape index (κ3) is 9.62. The van der Waals surface area contributed by atoms with E-state index in [0.29, 0.717) is 32.3 Å². The number of nitrogens with one attached hydrogen (secondary N) is 1. The lowest BCUT2D eigenvalue weighted by Gasteiger charge is -2.08. The number of nitrogens with zero attached hydrogens (tertiary/aromatic N) is 1. The molecule has 0 aromatic heterocycles. The first kappa shape index (κ1) is 20.7. The van der Waals surface area contributed by atoms with Gasteiger partial charge in [-0.1, -0.05) is 24.3 Å². The third-order valence-electron chi connectivity index (χ3n) is 2.66. The molecule has 3 N–H and O–H groups in total. The highest BCUT2D eigenvalue weighted by atomic mass is 127. The minimum absolute atomic E-state index is 0. The van der Waals surface area contributed by atoms with E-state index < -0.39 is 0 Å². The maximum Gasteiger partial charge on any atom is 0.189 e. The minimum atomic E-state index is 0. The maximum atomic E-state index is 5.77. The molecule has 0 aliphatic rings. The van der Waals surface area contributed by atoms with E-state index in [0.717, 1.165) is 23.3 Å². The van der Waals surface area contributed by atoms with Crippen LogP contribution in [0.5, 0.6) is 5.75 Å². The molecular formula is C16H26IN3O2. The number of hydrogen-bond donors (Lipinski definition) is 2. The number of hydrogen-bond acceptors (Lipinski definition) is 3. The molecule has 0 bridgehead atoms. The summed E-state index contributed by atoms with van der Waals surface area (Å²) in [6.45, 7) is 8.24. The fraction of sp³-hybridized carbons (Fsp3) is 0.438. The Bertz CT molecular complexity index is 478. The summed E-state index contributed by atoms with van der Waals surface area (Å²) in [5.74, 6) is 1.26. The van der Waals surface area contributed by atoms with Gasteiger partial charge in [-0.05, 0) is 24.6 Å². The van der Waals surface area contributed by atoms with Crippen LogP contribution in [0.25, 0.3) is 0 Å². The average Bonchev–Trinajstić information content (AvgIpc) is 2.48. The summed E-state index contributed by atoms with van der Waals surface area (Å²) in [5.41, 5.74) is 7.84. The number of guanidine groups is 1. The second kappa shape index (κ2) is 12.3. The molecule has 1 aromatic carbocycles. The average molecular weight is 419 g/mol. The molecule has 0 unspecified atom stereocenters. The summed E-state index contributed by atoms with van der Waals surface area (Å²) >= 11 is 0. The van der Waals surface area contributed by atoms with Crippen molar-refractivity contribution in [1.82, 2.24) is 5.32 Å². The molecule has 22 heavy (non-hydrogen) atoms. The van der Waals surface area contributed by atoms with Crippen molar-refractivity contribution in [2.75, 3.05) is 26.9 Å². The number of rotatable bonds is 9. The summed E-state index contributed by atoms with van der Waals surface area (Å²) in [7, 11) is 1.69. The van der Waals surface area contributed by atoms with Crippen LogP contribution in [0, 0.1) is 0 Å². The highest BCUT2D eigenvalue weighted by molar-refractivity contribution is 14.0. The Morgan fingerprint density at radius 2 is 2.14 bits per heavy atom. The molecule has 0 radical (unpaired) electrons. The van der Waals surface area contributed by atoms with Crippen molar-refractivity contribution in [2.24, 2.45) is 10.7 Å². The van der Waals surface area contributed by atoms with Crippen molar-refractivity contribution in [3.8, 4) is 5.75 Å².